The molecule has 0 amide bonds. The zero-order valence-corrected chi connectivity index (χ0v) is 14.5. The van der Waals surface area contributed by atoms with E-state index in [0.717, 1.165) is 11.1 Å². The van der Waals surface area contributed by atoms with Gasteiger partial charge in [0, 0.05) is 17.0 Å². The SMILES string of the molecule is CCOc1ccc(C(=O)C[n+]2ccc3ccccc3c2)cc1.[Br-]. The van der Waals surface area contributed by atoms with Crippen molar-refractivity contribution in [3.05, 3.63) is 72.6 Å². The van der Waals surface area contributed by atoms with E-state index in [1.807, 2.05) is 72.4 Å². The van der Waals surface area contributed by atoms with E-state index in [2.05, 4.69) is 6.07 Å². The number of hydrogen-bond donors (Lipinski definition) is 0. The lowest BCUT2D eigenvalue weighted by molar-refractivity contribution is -0.681. The summed E-state index contributed by atoms with van der Waals surface area (Å²) in [5, 5.41) is 2.30. The molecule has 0 saturated heterocycles. The number of carbonyl (C=O) groups excluding carboxylic acids is 1. The molecule has 2 aromatic carbocycles. The Bertz CT molecular complexity index is 800. The van der Waals surface area contributed by atoms with Crippen LogP contribution in [-0.2, 0) is 6.54 Å². The number of hydrogen-bond acceptors (Lipinski definition) is 2. The highest BCUT2D eigenvalue weighted by molar-refractivity contribution is 5.95. The van der Waals surface area contributed by atoms with Crippen LogP contribution in [-0.4, -0.2) is 12.4 Å². The van der Waals surface area contributed by atoms with Crippen LogP contribution in [0.5, 0.6) is 5.75 Å². The zero-order valence-electron chi connectivity index (χ0n) is 12.9. The van der Waals surface area contributed by atoms with Crippen molar-refractivity contribution in [2.24, 2.45) is 0 Å². The lowest BCUT2D eigenvalue weighted by Crippen LogP contribution is -3.00. The van der Waals surface area contributed by atoms with Crippen LogP contribution in [0.4, 0.5) is 0 Å². The topological polar surface area (TPSA) is 30.2 Å². The van der Waals surface area contributed by atoms with Gasteiger partial charge in [-0.1, -0.05) is 18.2 Å². The molecular weight excluding hydrogens is 354 g/mol. The van der Waals surface area contributed by atoms with Crippen LogP contribution in [0.25, 0.3) is 10.8 Å². The first-order valence-corrected chi connectivity index (χ1v) is 7.40. The van der Waals surface area contributed by atoms with Gasteiger partial charge in [-0.3, -0.25) is 4.79 Å². The monoisotopic (exact) mass is 371 g/mol. The van der Waals surface area contributed by atoms with Crippen molar-refractivity contribution in [3.63, 3.8) is 0 Å². The van der Waals surface area contributed by atoms with Gasteiger partial charge in [0.1, 0.15) is 5.75 Å². The number of rotatable bonds is 5. The van der Waals surface area contributed by atoms with Crippen molar-refractivity contribution < 1.29 is 31.1 Å². The largest absolute Gasteiger partial charge is 1.00 e. The van der Waals surface area contributed by atoms with E-state index in [-0.39, 0.29) is 22.8 Å². The summed E-state index contributed by atoms with van der Waals surface area (Å²) >= 11 is 0. The number of aromatic nitrogens is 1. The number of pyridine rings is 1. The molecule has 3 nitrogen and oxygen atoms in total. The third kappa shape index (κ3) is 4.17. The maximum atomic E-state index is 12.4. The number of halogens is 1. The van der Waals surface area contributed by atoms with Crippen LogP contribution in [0, 0.1) is 0 Å². The molecule has 0 spiro atoms. The molecule has 118 valence electrons. The fourth-order valence-electron chi connectivity index (χ4n) is 2.44. The van der Waals surface area contributed by atoms with Crippen LogP contribution in [0.15, 0.2) is 67.0 Å². The summed E-state index contributed by atoms with van der Waals surface area (Å²) in [4.78, 5) is 12.4. The Balaban J connectivity index is 0.00000192. The van der Waals surface area contributed by atoms with Gasteiger partial charge in [0.2, 0.25) is 12.3 Å². The van der Waals surface area contributed by atoms with Crippen molar-refractivity contribution in [1.29, 1.82) is 0 Å². The zero-order chi connectivity index (χ0) is 15.4. The van der Waals surface area contributed by atoms with Gasteiger partial charge in [-0.15, -0.1) is 0 Å². The third-order valence-electron chi connectivity index (χ3n) is 3.56. The quantitative estimate of drug-likeness (QED) is 0.480. The Hall–Kier alpha value is -2.20. The first kappa shape index (κ1) is 17.2. The molecule has 0 bridgehead atoms. The molecule has 3 rings (SSSR count). The predicted octanol–water partition coefficient (Wildman–Crippen LogP) is 0.413. The lowest BCUT2D eigenvalue weighted by atomic mass is 10.1. The average Bonchev–Trinajstić information content (AvgIpc) is 2.56. The molecule has 0 N–H and O–H groups in total. The molecule has 3 aromatic rings. The minimum Gasteiger partial charge on any atom is -1.00 e. The molecule has 1 heterocycles. The standard InChI is InChI=1S/C19H18NO2.BrH/c1-2-22-18-9-7-16(8-10-18)19(21)14-20-12-11-15-5-3-4-6-17(15)13-20;/h3-13H,2,14H2,1H3;1H/q+1;/p-1. The number of nitrogens with zero attached hydrogens (tertiary/aromatic N) is 1. The van der Waals surface area contributed by atoms with Gasteiger partial charge in [-0.05, 0) is 42.6 Å². The summed E-state index contributed by atoms with van der Waals surface area (Å²) in [6.07, 6.45) is 3.94. The Morgan fingerprint density at radius 1 is 1.00 bits per heavy atom. The normalized spacial score (nSPS) is 10.1. The van der Waals surface area contributed by atoms with Crippen molar-refractivity contribution in [1.82, 2.24) is 0 Å². The van der Waals surface area contributed by atoms with E-state index in [1.165, 1.54) is 5.39 Å². The summed E-state index contributed by atoms with van der Waals surface area (Å²) in [5.74, 6) is 0.876. The lowest BCUT2D eigenvalue weighted by Gasteiger charge is -2.03. The second-order valence-corrected chi connectivity index (χ2v) is 5.13. The van der Waals surface area contributed by atoms with E-state index < -0.39 is 0 Å². The molecule has 0 unspecified atom stereocenters. The van der Waals surface area contributed by atoms with Gasteiger partial charge < -0.3 is 21.7 Å². The maximum Gasteiger partial charge on any atom is 0.227 e. The molecule has 0 atom stereocenters. The molecule has 0 fully saturated rings. The fraction of sp³-hybridized carbons (Fsp3) is 0.158. The van der Waals surface area contributed by atoms with Crippen LogP contribution in [0.3, 0.4) is 0 Å². The molecule has 0 aliphatic heterocycles. The van der Waals surface area contributed by atoms with Crippen LogP contribution < -0.4 is 26.3 Å². The number of benzene rings is 2. The third-order valence-corrected chi connectivity index (χ3v) is 3.56. The van der Waals surface area contributed by atoms with Crippen molar-refractivity contribution in [2.75, 3.05) is 6.61 Å². The maximum absolute atomic E-state index is 12.4. The Labute approximate surface area is 146 Å². The number of carbonyl (C=O) groups is 1. The molecule has 0 aliphatic carbocycles. The second kappa shape index (κ2) is 7.88. The van der Waals surface area contributed by atoms with Gasteiger partial charge in [0.25, 0.3) is 0 Å². The summed E-state index contributed by atoms with van der Waals surface area (Å²) < 4.78 is 7.31. The Morgan fingerprint density at radius 2 is 1.70 bits per heavy atom. The summed E-state index contributed by atoms with van der Waals surface area (Å²) in [6, 6.07) is 17.5. The van der Waals surface area contributed by atoms with Crippen molar-refractivity contribution >= 4 is 16.6 Å². The minimum atomic E-state index is 0. The molecule has 0 radical (unpaired) electrons. The van der Waals surface area contributed by atoms with Gasteiger partial charge in [0.15, 0.2) is 12.4 Å². The first-order valence-electron chi connectivity index (χ1n) is 7.40. The smallest absolute Gasteiger partial charge is 0.227 e. The molecule has 1 aromatic heterocycles. The highest BCUT2D eigenvalue weighted by Crippen LogP contribution is 2.13. The number of ether oxygens (including phenoxy) is 1. The van der Waals surface area contributed by atoms with E-state index >= 15 is 0 Å². The van der Waals surface area contributed by atoms with E-state index in [1.54, 1.807) is 0 Å². The fourth-order valence-corrected chi connectivity index (χ4v) is 2.44. The van der Waals surface area contributed by atoms with E-state index in [0.29, 0.717) is 18.7 Å². The highest BCUT2D eigenvalue weighted by atomic mass is 79.9. The van der Waals surface area contributed by atoms with Gasteiger partial charge >= 0.3 is 0 Å². The first-order chi connectivity index (χ1) is 10.8. The molecule has 4 heteroatoms. The predicted molar refractivity (Wildman–Crippen MR) is 86.1 cm³/mol. The summed E-state index contributed by atoms with van der Waals surface area (Å²) in [5.41, 5.74) is 0.698. The van der Waals surface area contributed by atoms with Gasteiger partial charge in [-0.2, -0.15) is 4.57 Å². The second-order valence-electron chi connectivity index (χ2n) is 5.13. The molecule has 0 saturated carbocycles. The number of fused-ring (bicyclic) bond motifs is 1. The Morgan fingerprint density at radius 3 is 2.39 bits per heavy atom. The average molecular weight is 372 g/mol. The molecule has 23 heavy (non-hydrogen) atoms. The van der Waals surface area contributed by atoms with E-state index in [4.69, 9.17) is 4.74 Å². The van der Waals surface area contributed by atoms with Crippen LogP contribution >= 0.6 is 0 Å². The number of Topliss-reactive ketones (excluding diaryl/α,β-unsaturated/α-hetero) is 1. The van der Waals surface area contributed by atoms with E-state index in [9.17, 15) is 4.79 Å². The Kier molecular flexibility index (Phi) is 5.88. The van der Waals surface area contributed by atoms with Gasteiger partial charge in [-0.25, -0.2) is 0 Å². The summed E-state index contributed by atoms with van der Waals surface area (Å²) in [6.45, 7) is 2.90. The highest BCUT2D eigenvalue weighted by Gasteiger charge is 2.12. The van der Waals surface area contributed by atoms with Gasteiger partial charge in [0.05, 0.1) is 6.61 Å². The van der Waals surface area contributed by atoms with Crippen LogP contribution in [0.1, 0.15) is 17.3 Å². The molecular formula is C19H18BrNO2. The minimum absolute atomic E-state index is 0. The number of ketones is 1. The van der Waals surface area contributed by atoms with Crippen molar-refractivity contribution in [3.8, 4) is 5.75 Å². The summed E-state index contributed by atoms with van der Waals surface area (Å²) in [7, 11) is 0. The molecule has 0 aliphatic rings. The van der Waals surface area contributed by atoms with Crippen molar-refractivity contribution in [2.45, 2.75) is 13.5 Å². The van der Waals surface area contributed by atoms with Crippen LogP contribution in [0.2, 0.25) is 0 Å².